The van der Waals surface area contributed by atoms with Crippen LogP contribution < -0.4 is 19.5 Å². The first-order valence-electron chi connectivity index (χ1n) is 10.4. The number of nitrogens with one attached hydrogen (secondary N) is 1. The van der Waals surface area contributed by atoms with Crippen LogP contribution in [0.3, 0.4) is 0 Å². The molecule has 1 saturated heterocycles. The van der Waals surface area contributed by atoms with Crippen molar-refractivity contribution >= 4 is 11.7 Å². The van der Waals surface area contributed by atoms with Crippen LogP contribution in [0.25, 0.3) is 0 Å². The average Bonchev–Trinajstić information content (AvgIpc) is 3.25. The molecular weight excluding hydrogens is 445 g/mol. The number of hydrogen-bond acceptors (Lipinski definition) is 7. The topological polar surface area (TPSA) is 87.1 Å². The molecule has 1 N–H and O–H groups in total. The maximum Gasteiger partial charge on any atom is 0.410 e. The number of fused-ring (bicyclic) bond motifs is 1. The van der Waals surface area contributed by atoms with E-state index in [1.165, 1.54) is 27.5 Å². The number of morpholine rings is 1. The monoisotopic (exact) mass is 470 g/mol. The van der Waals surface area contributed by atoms with Crippen LogP contribution in [0.4, 0.5) is 19.0 Å². The number of carbonyl (C=O) groups excluding carboxylic acids is 1. The Hall–Kier alpha value is -3.15. The lowest BCUT2D eigenvalue weighted by atomic mass is 9.95. The van der Waals surface area contributed by atoms with Crippen molar-refractivity contribution in [2.45, 2.75) is 24.7 Å². The number of anilines is 1. The van der Waals surface area contributed by atoms with Crippen LogP contribution in [0, 0.1) is 0 Å². The highest BCUT2D eigenvalue weighted by Crippen LogP contribution is 2.47. The molecule has 3 heterocycles. The summed E-state index contributed by atoms with van der Waals surface area (Å²) in [6.07, 6.45) is -3.71. The summed E-state index contributed by atoms with van der Waals surface area (Å²) < 4.78 is 64.2. The van der Waals surface area contributed by atoms with Gasteiger partial charge >= 0.3 is 6.18 Å². The standard InChI is InChI=1S/C21H25F3N4O5/c1-30-15-8-12(9-16(31-2)18(15)32-3)14-10-17(21(22,23)24)28-19(26-14)13(11-25-28)20(29)27-4-6-33-7-5-27/h8-9,11,14,17,26H,4-7,10H2,1-3H3/t14-,17+/m0/s1. The molecule has 2 aliphatic heterocycles. The van der Waals surface area contributed by atoms with Crippen LogP contribution in [0.15, 0.2) is 18.3 Å². The number of benzene rings is 1. The fourth-order valence-electron chi connectivity index (χ4n) is 4.18. The van der Waals surface area contributed by atoms with Gasteiger partial charge in [0.05, 0.1) is 46.8 Å². The molecule has 12 heteroatoms. The number of halogens is 3. The van der Waals surface area contributed by atoms with E-state index in [-0.39, 0.29) is 17.8 Å². The van der Waals surface area contributed by atoms with Gasteiger partial charge in [0.2, 0.25) is 5.75 Å². The van der Waals surface area contributed by atoms with E-state index in [9.17, 15) is 18.0 Å². The summed E-state index contributed by atoms with van der Waals surface area (Å²) in [6, 6.07) is 0.499. The SMILES string of the molecule is COc1cc([C@@H]2C[C@H](C(F)(F)F)n3ncc(C(=O)N4CCOCC4)c3N2)cc(OC)c1OC. The molecule has 1 fully saturated rings. The number of hydrogen-bond donors (Lipinski definition) is 1. The first-order valence-corrected chi connectivity index (χ1v) is 10.4. The zero-order chi connectivity index (χ0) is 23.8. The van der Waals surface area contributed by atoms with Crippen LogP contribution in [0.1, 0.15) is 34.4 Å². The largest absolute Gasteiger partial charge is 0.493 e. The third kappa shape index (κ3) is 4.26. The molecular formula is C21H25F3N4O5. The normalized spacial score (nSPS) is 20.6. The Morgan fingerprint density at radius 3 is 2.30 bits per heavy atom. The molecule has 1 amide bonds. The van der Waals surface area contributed by atoms with Gasteiger partial charge in [-0.15, -0.1) is 0 Å². The van der Waals surface area contributed by atoms with E-state index in [0.717, 1.165) is 4.68 Å². The van der Waals surface area contributed by atoms with Crippen molar-refractivity contribution in [3.05, 3.63) is 29.5 Å². The average molecular weight is 470 g/mol. The van der Waals surface area contributed by atoms with Gasteiger partial charge in [-0.25, -0.2) is 4.68 Å². The van der Waals surface area contributed by atoms with E-state index < -0.39 is 24.2 Å². The lowest BCUT2D eigenvalue weighted by Gasteiger charge is -2.35. The first-order chi connectivity index (χ1) is 15.8. The predicted molar refractivity (Wildman–Crippen MR) is 111 cm³/mol. The zero-order valence-corrected chi connectivity index (χ0v) is 18.4. The Balaban J connectivity index is 1.75. The summed E-state index contributed by atoms with van der Waals surface area (Å²) >= 11 is 0. The van der Waals surface area contributed by atoms with Crippen LogP contribution in [0.2, 0.25) is 0 Å². The molecule has 0 aliphatic carbocycles. The summed E-state index contributed by atoms with van der Waals surface area (Å²) in [5.74, 6) is 0.610. The maximum atomic E-state index is 14.0. The van der Waals surface area contributed by atoms with Gasteiger partial charge in [0.15, 0.2) is 17.5 Å². The molecule has 1 aromatic carbocycles. The fourth-order valence-corrected chi connectivity index (χ4v) is 4.18. The summed E-state index contributed by atoms with van der Waals surface area (Å²) in [6.45, 7) is 1.48. The predicted octanol–water partition coefficient (Wildman–Crippen LogP) is 3.04. The van der Waals surface area contributed by atoms with Crippen molar-refractivity contribution in [2.75, 3.05) is 52.9 Å². The second-order valence-corrected chi connectivity index (χ2v) is 7.70. The maximum absolute atomic E-state index is 14.0. The molecule has 9 nitrogen and oxygen atoms in total. The first kappa shape index (κ1) is 23.0. The zero-order valence-electron chi connectivity index (χ0n) is 18.4. The number of methoxy groups -OCH3 is 3. The van der Waals surface area contributed by atoms with Crippen molar-refractivity contribution in [1.29, 1.82) is 0 Å². The molecule has 1 aromatic heterocycles. The Kier molecular flexibility index (Phi) is 6.28. The smallest absolute Gasteiger partial charge is 0.410 e. The Morgan fingerprint density at radius 1 is 1.12 bits per heavy atom. The van der Waals surface area contributed by atoms with Gasteiger partial charge in [-0.2, -0.15) is 18.3 Å². The Bertz CT molecular complexity index is 995. The van der Waals surface area contributed by atoms with Gasteiger partial charge < -0.3 is 29.2 Å². The van der Waals surface area contributed by atoms with Gasteiger partial charge in [-0.05, 0) is 17.7 Å². The van der Waals surface area contributed by atoms with E-state index in [4.69, 9.17) is 18.9 Å². The number of rotatable bonds is 5. The second-order valence-electron chi connectivity index (χ2n) is 7.70. The molecule has 2 aliphatic rings. The molecule has 2 atom stereocenters. The molecule has 0 bridgehead atoms. The highest BCUT2D eigenvalue weighted by atomic mass is 19.4. The summed E-state index contributed by atoms with van der Waals surface area (Å²) in [7, 11) is 4.31. The van der Waals surface area contributed by atoms with E-state index in [2.05, 4.69) is 10.4 Å². The van der Waals surface area contributed by atoms with Crippen molar-refractivity contribution < 1.29 is 36.9 Å². The third-order valence-electron chi connectivity index (χ3n) is 5.86. The summed E-state index contributed by atoms with van der Waals surface area (Å²) in [4.78, 5) is 14.6. The molecule has 180 valence electrons. The number of aromatic nitrogens is 2. The van der Waals surface area contributed by atoms with Crippen molar-refractivity contribution in [2.24, 2.45) is 0 Å². The van der Waals surface area contributed by atoms with Crippen LogP contribution in [0.5, 0.6) is 17.2 Å². The van der Waals surface area contributed by atoms with Crippen molar-refractivity contribution in [1.82, 2.24) is 14.7 Å². The molecule has 4 rings (SSSR count). The van der Waals surface area contributed by atoms with Gasteiger partial charge in [-0.3, -0.25) is 4.79 Å². The highest BCUT2D eigenvalue weighted by Gasteiger charge is 2.47. The quantitative estimate of drug-likeness (QED) is 0.719. The van der Waals surface area contributed by atoms with E-state index in [1.54, 1.807) is 17.0 Å². The molecule has 0 radical (unpaired) electrons. The molecule has 2 aromatic rings. The molecule has 0 saturated carbocycles. The fraction of sp³-hybridized carbons (Fsp3) is 0.524. The lowest BCUT2D eigenvalue weighted by molar-refractivity contribution is -0.173. The molecule has 33 heavy (non-hydrogen) atoms. The van der Waals surface area contributed by atoms with E-state index in [1.807, 2.05) is 0 Å². The number of amides is 1. The van der Waals surface area contributed by atoms with Crippen molar-refractivity contribution in [3.8, 4) is 17.2 Å². The molecule has 0 spiro atoms. The second kappa shape index (κ2) is 9.00. The minimum Gasteiger partial charge on any atom is -0.493 e. The molecule has 0 unspecified atom stereocenters. The number of ether oxygens (including phenoxy) is 4. The van der Waals surface area contributed by atoms with Gasteiger partial charge in [0, 0.05) is 19.5 Å². The minimum atomic E-state index is -4.57. The van der Waals surface area contributed by atoms with Crippen molar-refractivity contribution in [3.63, 3.8) is 0 Å². The number of carbonyl (C=O) groups is 1. The van der Waals surface area contributed by atoms with Gasteiger partial charge in [-0.1, -0.05) is 0 Å². The minimum absolute atomic E-state index is 0.0267. The Morgan fingerprint density at radius 2 is 1.76 bits per heavy atom. The lowest BCUT2D eigenvalue weighted by Crippen LogP contribution is -2.41. The number of alkyl halides is 3. The third-order valence-corrected chi connectivity index (χ3v) is 5.86. The van der Waals surface area contributed by atoms with E-state index in [0.29, 0.717) is 49.1 Å². The summed E-state index contributed by atoms with van der Waals surface area (Å²) in [5, 5.41) is 7.02. The Labute approximate surface area is 188 Å². The van der Waals surface area contributed by atoms with Gasteiger partial charge in [0.25, 0.3) is 5.91 Å². The highest BCUT2D eigenvalue weighted by molar-refractivity contribution is 5.99. The van der Waals surface area contributed by atoms with Crippen LogP contribution >= 0.6 is 0 Å². The van der Waals surface area contributed by atoms with E-state index >= 15 is 0 Å². The summed E-state index contributed by atoms with van der Waals surface area (Å²) in [5.41, 5.74) is 0.583. The van der Waals surface area contributed by atoms with Gasteiger partial charge in [0.1, 0.15) is 11.4 Å². The van der Waals surface area contributed by atoms with Crippen LogP contribution in [-0.4, -0.2) is 74.4 Å². The number of nitrogens with zero attached hydrogens (tertiary/aromatic N) is 3. The van der Waals surface area contributed by atoms with Crippen LogP contribution in [-0.2, 0) is 4.74 Å².